The van der Waals surface area contributed by atoms with Gasteiger partial charge in [0.15, 0.2) is 0 Å². The quantitative estimate of drug-likeness (QED) is 0.240. The first-order valence-corrected chi connectivity index (χ1v) is 10.5. The SMILES string of the molecule is CCCCCCCCOCCCC(C)OCCCCCCCC. The third-order valence-electron chi connectivity index (χ3n) is 4.44. The first kappa shape index (κ1) is 22.9. The van der Waals surface area contributed by atoms with Crippen molar-refractivity contribution < 1.29 is 9.47 Å². The molecular formula is C21H44O2. The molecular weight excluding hydrogens is 284 g/mol. The van der Waals surface area contributed by atoms with Gasteiger partial charge in [0.2, 0.25) is 0 Å². The number of hydrogen-bond donors (Lipinski definition) is 0. The molecule has 0 radical (unpaired) electrons. The molecule has 0 bridgehead atoms. The highest BCUT2D eigenvalue weighted by molar-refractivity contribution is 4.52. The zero-order valence-corrected chi connectivity index (χ0v) is 16.4. The van der Waals surface area contributed by atoms with E-state index in [4.69, 9.17) is 9.47 Å². The molecule has 0 saturated heterocycles. The Morgan fingerprint density at radius 2 is 1.04 bits per heavy atom. The average molecular weight is 329 g/mol. The van der Waals surface area contributed by atoms with E-state index >= 15 is 0 Å². The van der Waals surface area contributed by atoms with Crippen molar-refractivity contribution in [1.82, 2.24) is 0 Å². The standard InChI is InChI=1S/C21H44O2/c1-4-6-8-10-12-14-18-22-19-16-17-21(3)23-20-15-13-11-9-7-5-2/h21H,4-20H2,1-3H3. The van der Waals surface area contributed by atoms with Crippen LogP contribution in [0.4, 0.5) is 0 Å². The van der Waals surface area contributed by atoms with E-state index in [-0.39, 0.29) is 0 Å². The molecule has 2 heteroatoms. The molecule has 140 valence electrons. The Morgan fingerprint density at radius 1 is 0.565 bits per heavy atom. The van der Waals surface area contributed by atoms with Gasteiger partial charge in [-0.1, -0.05) is 78.1 Å². The second kappa shape index (κ2) is 20.0. The monoisotopic (exact) mass is 328 g/mol. The van der Waals surface area contributed by atoms with Crippen LogP contribution >= 0.6 is 0 Å². The summed E-state index contributed by atoms with van der Waals surface area (Å²) in [6, 6.07) is 0. The summed E-state index contributed by atoms with van der Waals surface area (Å²) in [5, 5.41) is 0. The van der Waals surface area contributed by atoms with E-state index in [9.17, 15) is 0 Å². The van der Waals surface area contributed by atoms with Crippen molar-refractivity contribution >= 4 is 0 Å². The van der Waals surface area contributed by atoms with E-state index in [1.165, 1.54) is 77.0 Å². The minimum absolute atomic E-state index is 0.392. The van der Waals surface area contributed by atoms with Gasteiger partial charge in [-0.15, -0.1) is 0 Å². The van der Waals surface area contributed by atoms with Gasteiger partial charge in [-0.25, -0.2) is 0 Å². The van der Waals surface area contributed by atoms with Crippen LogP contribution in [0.15, 0.2) is 0 Å². The minimum Gasteiger partial charge on any atom is -0.381 e. The summed E-state index contributed by atoms with van der Waals surface area (Å²) < 4.78 is 11.6. The predicted molar refractivity (Wildman–Crippen MR) is 102 cm³/mol. The van der Waals surface area contributed by atoms with Gasteiger partial charge in [-0.05, 0) is 32.6 Å². The van der Waals surface area contributed by atoms with Crippen LogP contribution in [0.5, 0.6) is 0 Å². The highest BCUT2D eigenvalue weighted by atomic mass is 16.5. The lowest BCUT2D eigenvalue weighted by atomic mass is 10.1. The van der Waals surface area contributed by atoms with Crippen molar-refractivity contribution in [3.8, 4) is 0 Å². The van der Waals surface area contributed by atoms with Crippen LogP contribution in [0.1, 0.15) is 111 Å². The molecule has 1 atom stereocenters. The van der Waals surface area contributed by atoms with Gasteiger partial charge in [-0.2, -0.15) is 0 Å². The molecule has 0 N–H and O–H groups in total. The Morgan fingerprint density at radius 3 is 1.65 bits per heavy atom. The Labute approximate surface area is 146 Å². The molecule has 0 amide bonds. The van der Waals surface area contributed by atoms with E-state index in [1.807, 2.05) is 0 Å². The highest BCUT2D eigenvalue weighted by Crippen LogP contribution is 2.08. The predicted octanol–water partition coefficient (Wildman–Crippen LogP) is 6.91. The number of rotatable bonds is 19. The average Bonchev–Trinajstić information content (AvgIpc) is 2.55. The normalized spacial score (nSPS) is 12.7. The topological polar surface area (TPSA) is 18.5 Å². The van der Waals surface area contributed by atoms with Crippen LogP contribution in [0.3, 0.4) is 0 Å². The first-order valence-electron chi connectivity index (χ1n) is 10.5. The zero-order valence-electron chi connectivity index (χ0n) is 16.4. The third kappa shape index (κ3) is 19.9. The fraction of sp³-hybridized carbons (Fsp3) is 1.00. The second-order valence-corrected chi connectivity index (χ2v) is 6.97. The molecule has 23 heavy (non-hydrogen) atoms. The van der Waals surface area contributed by atoms with Crippen molar-refractivity contribution in [3.05, 3.63) is 0 Å². The van der Waals surface area contributed by atoms with Crippen molar-refractivity contribution in [2.75, 3.05) is 19.8 Å². The highest BCUT2D eigenvalue weighted by Gasteiger charge is 2.02. The van der Waals surface area contributed by atoms with E-state index in [0.717, 1.165) is 32.7 Å². The summed E-state index contributed by atoms with van der Waals surface area (Å²) in [5.74, 6) is 0. The first-order chi connectivity index (χ1) is 11.3. The second-order valence-electron chi connectivity index (χ2n) is 6.97. The van der Waals surface area contributed by atoms with Crippen LogP contribution in [0.2, 0.25) is 0 Å². The lowest BCUT2D eigenvalue weighted by Crippen LogP contribution is -2.10. The zero-order chi connectivity index (χ0) is 17.0. The molecule has 0 spiro atoms. The lowest BCUT2D eigenvalue weighted by molar-refractivity contribution is 0.0462. The molecule has 0 aliphatic heterocycles. The smallest absolute Gasteiger partial charge is 0.0547 e. The van der Waals surface area contributed by atoms with Crippen molar-refractivity contribution in [3.63, 3.8) is 0 Å². The maximum Gasteiger partial charge on any atom is 0.0547 e. The Hall–Kier alpha value is -0.0800. The number of hydrogen-bond acceptors (Lipinski definition) is 2. The maximum atomic E-state index is 5.88. The fourth-order valence-electron chi connectivity index (χ4n) is 2.81. The van der Waals surface area contributed by atoms with Crippen molar-refractivity contribution in [1.29, 1.82) is 0 Å². The molecule has 0 aliphatic rings. The molecule has 0 aromatic rings. The van der Waals surface area contributed by atoms with Gasteiger partial charge >= 0.3 is 0 Å². The largest absolute Gasteiger partial charge is 0.381 e. The summed E-state index contributed by atoms with van der Waals surface area (Å²) in [4.78, 5) is 0. The molecule has 1 unspecified atom stereocenters. The van der Waals surface area contributed by atoms with Crippen LogP contribution < -0.4 is 0 Å². The maximum absolute atomic E-state index is 5.88. The third-order valence-corrected chi connectivity index (χ3v) is 4.44. The summed E-state index contributed by atoms with van der Waals surface area (Å²) in [5.41, 5.74) is 0. The molecule has 0 rings (SSSR count). The molecule has 0 aromatic carbocycles. The molecule has 0 heterocycles. The van der Waals surface area contributed by atoms with Crippen LogP contribution in [-0.4, -0.2) is 25.9 Å². The summed E-state index contributed by atoms with van der Waals surface area (Å²) in [6.07, 6.45) is 18.7. The van der Waals surface area contributed by atoms with Gasteiger partial charge in [-0.3, -0.25) is 0 Å². The van der Waals surface area contributed by atoms with E-state index in [2.05, 4.69) is 20.8 Å². The molecule has 0 fully saturated rings. The molecule has 0 aromatic heterocycles. The van der Waals surface area contributed by atoms with Crippen LogP contribution in [-0.2, 0) is 9.47 Å². The lowest BCUT2D eigenvalue weighted by Gasteiger charge is -2.13. The van der Waals surface area contributed by atoms with Crippen molar-refractivity contribution in [2.24, 2.45) is 0 Å². The minimum atomic E-state index is 0.392. The summed E-state index contributed by atoms with van der Waals surface area (Å²) in [6.45, 7) is 9.51. The fourth-order valence-corrected chi connectivity index (χ4v) is 2.81. The van der Waals surface area contributed by atoms with E-state index in [1.54, 1.807) is 0 Å². The Kier molecular flexibility index (Phi) is 19.9. The van der Waals surface area contributed by atoms with E-state index < -0.39 is 0 Å². The van der Waals surface area contributed by atoms with Gasteiger partial charge in [0.1, 0.15) is 0 Å². The van der Waals surface area contributed by atoms with Crippen molar-refractivity contribution in [2.45, 2.75) is 117 Å². The summed E-state index contributed by atoms with van der Waals surface area (Å²) in [7, 11) is 0. The molecule has 0 aliphatic carbocycles. The Balaban J connectivity index is 3.11. The Bertz CT molecular complexity index is 206. The van der Waals surface area contributed by atoms with Crippen LogP contribution in [0, 0.1) is 0 Å². The number of ether oxygens (including phenoxy) is 2. The van der Waals surface area contributed by atoms with Gasteiger partial charge in [0.05, 0.1) is 6.10 Å². The van der Waals surface area contributed by atoms with Gasteiger partial charge in [0.25, 0.3) is 0 Å². The van der Waals surface area contributed by atoms with Gasteiger partial charge in [0, 0.05) is 19.8 Å². The molecule has 0 saturated carbocycles. The summed E-state index contributed by atoms with van der Waals surface area (Å²) >= 11 is 0. The van der Waals surface area contributed by atoms with E-state index in [0.29, 0.717) is 6.10 Å². The van der Waals surface area contributed by atoms with Gasteiger partial charge < -0.3 is 9.47 Å². The number of unbranched alkanes of at least 4 members (excludes halogenated alkanes) is 10. The molecule has 2 nitrogen and oxygen atoms in total. The van der Waals surface area contributed by atoms with Crippen LogP contribution in [0.25, 0.3) is 0 Å².